The number of benzene rings is 3. The molecular formula is C23H21NO5. The van der Waals surface area contributed by atoms with Gasteiger partial charge in [-0.15, -0.1) is 0 Å². The van der Waals surface area contributed by atoms with Crippen LogP contribution >= 0.6 is 0 Å². The minimum Gasteiger partial charge on any atom is -0.489 e. The van der Waals surface area contributed by atoms with Crippen LogP contribution in [0.15, 0.2) is 78.9 Å². The SMILES string of the molecule is CC(=O)Nc1ccc(OC(=O)COc2ccc(OCc3ccccc3)cc2)cc1. The Kier molecular flexibility index (Phi) is 6.84. The molecule has 0 aliphatic heterocycles. The number of anilines is 1. The Morgan fingerprint density at radius 1 is 0.759 bits per heavy atom. The molecule has 0 aliphatic carbocycles. The van der Waals surface area contributed by atoms with E-state index in [1.54, 1.807) is 48.5 Å². The van der Waals surface area contributed by atoms with E-state index in [0.717, 1.165) is 5.56 Å². The van der Waals surface area contributed by atoms with E-state index in [-0.39, 0.29) is 12.5 Å². The van der Waals surface area contributed by atoms with Crippen molar-refractivity contribution in [2.24, 2.45) is 0 Å². The number of amides is 1. The molecule has 0 radical (unpaired) electrons. The molecule has 3 aromatic rings. The predicted molar refractivity (Wildman–Crippen MR) is 109 cm³/mol. The molecule has 3 aromatic carbocycles. The number of carbonyl (C=O) groups excluding carboxylic acids is 2. The van der Waals surface area contributed by atoms with Crippen LogP contribution in [-0.4, -0.2) is 18.5 Å². The molecule has 0 heterocycles. The molecule has 0 atom stereocenters. The summed E-state index contributed by atoms with van der Waals surface area (Å²) in [5.41, 5.74) is 1.71. The van der Waals surface area contributed by atoms with Crippen molar-refractivity contribution in [3.8, 4) is 17.2 Å². The first-order chi connectivity index (χ1) is 14.1. The third-order valence-corrected chi connectivity index (χ3v) is 3.84. The van der Waals surface area contributed by atoms with E-state index in [2.05, 4.69) is 5.32 Å². The maximum Gasteiger partial charge on any atom is 0.349 e. The lowest BCUT2D eigenvalue weighted by Gasteiger charge is -2.09. The summed E-state index contributed by atoms with van der Waals surface area (Å²) >= 11 is 0. The number of hydrogen-bond donors (Lipinski definition) is 1. The number of esters is 1. The van der Waals surface area contributed by atoms with Gasteiger partial charge < -0.3 is 19.5 Å². The number of rotatable bonds is 8. The average Bonchev–Trinajstić information content (AvgIpc) is 2.73. The highest BCUT2D eigenvalue weighted by Gasteiger charge is 2.07. The Morgan fingerprint density at radius 2 is 1.34 bits per heavy atom. The highest BCUT2D eigenvalue weighted by molar-refractivity contribution is 5.88. The molecular weight excluding hydrogens is 370 g/mol. The molecule has 0 aliphatic rings. The fraction of sp³-hybridized carbons (Fsp3) is 0.130. The van der Waals surface area contributed by atoms with Crippen molar-refractivity contribution in [1.29, 1.82) is 0 Å². The second kappa shape index (κ2) is 9.94. The van der Waals surface area contributed by atoms with E-state index in [4.69, 9.17) is 14.2 Å². The van der Waals surface area contributed by atoms with E-state index in [0.29, 0.717) is 29.5 Å². The van der Waals surface area contributed by atoms with E-state index in [1.807, 2.05) is 30.3 Å². The summed E-state index contributed by atoms with van der Waals surface area (Å²) in [5.74, 6) is 0.928. The molecule has 148 valence electrons. The van der Waals surface area contributed by atoms with E-state index >= 15 is 0 Å². The summed E-state index contributed by atoms with van der Waals surface area (Å²) in [5, 5.41) is 2.64. The zero-order valence-corrected chi connectivity index (χ0v) is 16.0. The van der Waals surface area contributed by atoms with Crippen LogP contribution in [0.4, 0.5) is 5.69 Å². The summed E-state index contributed by atoms with van der Waals surface area (Å²) in [6.45, 7) is 1.68. The largest absolute Gasteiger partial charge is 0.489 e. The second-order valence-electron chi connectivity index (χ2n) is 6.21. The molecule has 0 fully saturated rings. The minimum absolute atomic E-state index is 0.167. The van der Waals surface area contributed by atoms with Crippen LogP contribution in [-0.2, 0) is 16.2 Å². The summed E-state index contributed by atoms with van der Waals surface area (Å²) in [6.07, 6.45) is 0. The van der Waals surface area contributed by atoms with Crippen molar-refractivity contribution in [3.63, 3.8) is 0 Å². The lowest BCUT2D eigenvalue weighted by Crippen LogP contribution is -2.17. The van der Waals surface area contributed by atoms with Crippen LogP contribution in [0, 0.1) is 0 Å². The average molecular weight is 391 g/mol. The third-order valence-electron chi connectivity index (χ3n) is 3.84. The number of nitrogens with one attached hydrogen (secondary N) is 1. The molecule has 1 N–H and O–H groups in total. The maximum atomic E-state index is 11.9. The Bertz CT molecular complexity index is 937. The van der Waals surface area contributed by atoms with Gasteiger partial charge in [0.15, 0.2) is 6.61 Å². The smallest absolute Gasteiger partial charge is 0.349 e. The number of hydrogen-bond acceptors (Lipinski definition) is 5. The molecule has 0 bridgehead atoms. The highest BCUT2D eigenvalue weighted by atomic mass is 16.6. The molecule has 29 heavy (non-hydrogen) atoms. The Labute approximate surface area is 169 Å². The quantitative estimate of drug-likeness (QED) is 0.460. The number of carbonyl (C=O) groups is 2. The van der Waals surface area contributed by atoms with Gasteiger partial charge >= 0.3 is 5.97 Å². The van der Waals surface area contributed by atoms with Crippen LogP contribution in [0.5, 0.6) is 17.2 Å². The summed E-state index contributed by atoms with van der Waals surface area (Å²) < 4.78 is 16.4. The highest BCUT2D eigenvalue weighted by Crippen LogP contribution is 2.19. The van der Waals surface area contributed by atoms with Crippen molar-refractivity contribution in [2.45, 2.75) is 13.5 Å². The van der Waals surface area contributed by atoms with Crippen molar-refractivity contribution >= 4 is 17.6 Å². The lowest BCUT2D eigenvalue weighted by atomic mass is 10.2. The first kappa shape index (κ1) is 19.9. The Morgan fingerprint density at radius 3 is 1.97 bits per heavy atom. The van der Waals surface area contributed by atoms with Gasteiger partial charge in [0, 0.05) is 12.6 Å². The first-order valence-electron chi connectivity index (χ1n) is 9.06. The van der Waals surface area contributed by atoms with E-state index in [9.17, 15) is 9.59 Å². The van der Waals surface area contributed by atoms with Gasteiger partial charge in [0.25, 0.3) is 0 Å². The minimum atomic E-state index is -0.526. The van der Waals surface area contributed by atoms with E-state index < -0.39 is 5.97 Å². The van der Waals surface area contributed by atoms with Gasteiger partial charge in [-0.3, -0.25) is 4.79 Å². The van der Waals surface area contributed by atoms with Crippen molar-refractivity contribution in [1.82, 2.24) is 0 Å². The molecule has 1 amide bonds. The predicted octanol–water partition coefficient (Wildman–Crippen LogP) is 4.21. The summed E-state index contributed by atoms with van der Waals surface area (Å²) in [7, 11) is 0. The topological polar surface area (TPSA) is 73.9 Å². The van der Waals surface area contributed by atoms with Crippen LogP contribution in [0.2, 0.25) is 0 Å². The van der Waals surface area contributed by atoms with Crippen molar-refractivity contribution in [3.05, 3.63) is 84.4 Å². The Balaban J connectivity index is 1.43. The third kappa shape index (κ3) is 6.70. The van der Waals surface area contributed by atoms with Gasteiger partial charge in [-0.05, 0) is 54.1 Å². The molecule has 6 heteroatoms. The number of ether oxygens (including phenoxy) is 3. The fourth-order valence-electron chi connectivity index (χ4n) is 2.49. The van der Waals surface area contributed by atoms with Crippen LogP contribution < -0.4 is 19.5 Å². The van der Waals surface area contributed by atoms with Gasteiger partial charge in [0.05, 0.1) is 0 Å². The van der Waals surface area contributed by atoms with Gasteiger partial charge in [-0.2, -0.15) is 0 Å². The standard InChI is InChI=1S/C23H21NO5/c1-17(25)24-19-7-9-22(10-8-19)29-23(26)16-28-21-13-11-20(12-14-21)27-15-18-5-3-2-4-6-18/h2-14H,15-16H2,1H3,(H,24,25). The van der Waals surface area contributed by atoms with Crippen molar-refractivity contribution in [2.75, 3.05) is 11.9 Å². The first-order valence-corrected chi connectivity index (χ1v) is 9.06. The molecule has 6 nitrogen and oxygen atoms in total. The molecule has 0 unspecified atom stereocenters. The Hall–Kier alpha value is -3.80. The van der Waals surface area contributed by atoms with E-state index in [1.165, 1.54) is 6.92 Å². The van der Waals surface area contributed by atoms with Crippen LogP contribution in [0.3, 0.4) is 0 Å². The maximum absolute atomic E-state index is 11.9. The fourth-order valence-corrected chi connectivity index (χ4v) is 2.49. The van der Waals surface area contributed by atoms with Crippen LogP contribution in [0.25, 0.3) is 0 Å². The van der Waals surface area contributed by atoms with Crippen molar-refractivity contribution < 1.29 is 23.8 Å². The zero-order valence-electron chi connectivity index (χ0n) is 16.0. The molecule has 0 aromatic heterocycles. The van der Waals surface area contributed by atoms with Gasteiger partial charge in [-0.1, -0.05) is 30.3 Å². The lowest BCUT2D eigenvalue weighted by molar-refractivity contribution is -0.136. The normalized spacial score (nSPS) is 10.1. The van der Waals surface area contributed by atoms with Crippen LogP contribution in [0.1, 0.15) is 12.5 Å². The van der Waals surface area contributed by atoms with Gasteiger partial charge in [-0.25, -0.2) is 4.79 Å². The summed E-state index contributed by atoms with van der Waals surface area (Å²) in [6, 6.07) is 23.4. The molecule has 0 saturated heterocycles. The van der Waals surface area contributed by atoms with Gasteiger partial charge in [0.2, 0.25) is 5.91 Å². The summed E-state index contributed by atoms with van der Waals surface area (Å²) in [4.78, 5) is 22.9. The molecule has 0 saturated carbocycles. The molecule has 3 rings (SSSR count). The van der Waals surface area contributed by atoms with Gasteiger partial charge in [0.1, 0.15) is 23.9 Å². The monoisotopic (exact) mass is 391 g/mol. The zero-order chi connectivity index (χ0) is 20.5. The molecule has 0 spiro atoms. The second-order valence-corrected chi connectivity index (χ2v) is 6.21.